The number of nitrogens with zero attached hydrogens (tertiary/aromatic N) is 4. The van der Waals surface area contributed by atoms with Crippen LogP contribution < -0.4 is 4.90 Å². The molecule has 0 unspecified atom stereocenters. The molecule has 1 heterocycles. The van der Waals surface area contributed by atoms with Crippen molar-refractivity contribution in [2.75, 3.05) is 11.4 Å². The number of hydrogen-bond donors (Lipinski definition) is 0. The molecule has 4 nitrogen and oxygen atoms in total. The average Bonchev–Trinajstić information content (AvgIpc) is 2.11. The third-order valence-corrected chi connectivity index (χ3v) is 2.35. The van der Waals surface area contributed by atoms with Crippen LogP contribution in [-0.2, 0) is 0 Å². The molecule has 0 aliphatic carbocycles. The van der Waals surface area contributed by atoms with Crippen molar-refractivity contribution in [3.63, 3.8) is 0 Å². The molecule has 0 saturated carbocycles. The first kappa shape index (κ1) is 13.5. The second-order valence-electron chi connectivity index (χ2n) is 4.31. The highest BCUT2D eigenvalue weighted by Crippen LogP contribution is 2.17. The molecule has 0 saturated heterocycles. The molecular formula is C10H16Cl2N4. The van der Waals surface area contributed by atoms with Crippen molar-refractivity contribution in [3.8, 4) is 0 Å². The lowest BCUT2D eigenvalue weighted by Gasteiger charge is -2.28. The first-order valence-corrected chi connectivity index (χ1v) is 5.99. The fourth-order valence-corrected chi connectivity index (χ4v) is 1.72. The van der Waals surface area contributed by atoms with E-state index in [1.165, 1.54) is 0 Å². The number of halogens is 2. The van der Waals surface area contributed by atoms with Crippen LogP contribution >= 0.6 is 23.2 Å². The van der Waals surface area contributed by atoms with E-state index in [1.807, 2.05) is 0 Å². The summed E-state index contributed by atoms with van der Waals surface area (Å²) in [4.78, 5) is 14.0. The van der Waals surface area contributed by atoms with Crippen molar-refractivity contribution in [1.29, 1.82) is 0 Å². The van der Waals surface area contributed by atoms with E-state index in [1.54, 1.807) is 0 Å². The predicted octanol–water partition coefficient (Wildman–Crippen LogP) is 3.05. The van der Waals surface area contributed by atoms with Gasteiger partial charge < -0.3 is 4.90 Å². The summed E-state index contributed by atoms with van der Waals surface area (Å²) in [7, 11) is 0. The van der Waals surface area contributed by atoms with Crippen molar-refractivity contribution in [2.45, 2.75) is 33.7 Å². The topological polar surface area (TPSA) is 41.9 Å². The van der Waals surface area contributed by atoms with Gasteiger partial charge in [-0.3, -0.25) is 0 Å². The van der Waals surface area contributed by atoms with Gasteiger partial charge in [-0.1, -0.05) is 13.8 Å². The van der Waals surface area contributed by atoms with Gasteiger partial charge in [-0.2, -0.15) is 15.0 Å². The maximum atomic E-state index is 5.76. The van der Waals surface area contributed by atoms with Gasteiger partial charge in [0.15, 0.2) is 0 Å². The van der Waals surface area contributed by atoms with E-state index in [0.717, 1.165) is 6.54 Å². The fourth-order valence-electron chi connectivity index (χ4n) is 1.36. The third-order valence-electron chi connectivity index (χ3n) is 2.01. The van der Waals surface area contributed by atoms with Crippen molar-refractivity contribution in [1.82, 2.24) is 15.0 Å². The Balaban J connectivity index is 3.00. The summed E-state index contributed by atoms with van der Waals surface area (Å²) in [5.74, 6) is 1.05. The summed E-state index contributed by atoms with van der Waals surface area (Å²) >= 11 is 11.5. The van der Waals surface area contributed by atoms with Gasteiger partial charge in [0.2, 0.25) is 16.5 Å². The summed E-state index contributed by atoms with van der Waals surface area (Å²) in [6.07, 6.45) is 0. The summed E-state index contributed by atoms with van der Waals surface area (Å²) < 4.78 is 0. The van der Waals surface area contributed by atoms with Gasteiger partial charge in [0, 0.05) is 12.6 Å². The van der Waals surface area contributed by atoms with Crippen LogP contribution in [0.3, 0.4) is 0 Å². The third kappa shape index (κ3) is 3.76. The van der Waals surface area contributed by atoms with E-state index in [4.69, 9.17) is 23.2 Å². The number of rotatable bonds is 4. The summed E-state index contributed by atoms with van der Waals surface area (Å²) in [6.45, 7) is 9.29. The van der Waals surface area contributed by atoms with Gasteiger partial charge in [-0.05, 0) is 43.0 Å². The predicted molar refractivity (Wildman–Crippen MR) is 67.2 cm³/mol. The molecule has 0 aliphatic rings. The fraction of sp³-hybridized carbons (Fsp3) is 0.700. The van der Waals surface area contributed by atoms with Crippen molar-refractivity contribution >= 4 is 29.2 Å². The van der Waals surface area contributed by atoms with Crippen LogP contribution in [0.4, 0.5) is 5.95 Å². The van der Waals surface area contributed by atoms with Crippen LogP contribution in [-0.4, -0.2) is 27.5 Å². The van der Waals surface area contributed by atoms with E-state index < -0.39 is 0 Å². The molecule has 0 spiro atoms. The zero-order valence-corrected chi connectivity index (χ0v) is 11.4. The number of hydrogen-bond acceptors (Lipinski definition) is 4. The van der Waals surface area contributed by atoms with Gasteiger partial charge in [-0.15, -0.1) is 0 Å². The Morgan fingerprint density at radius 1 is 1.00 bits per heavy atom. The largest absolute Gasteiger partial charge is 0.338 e. The van der Waals surface area contributed by atoms with Crippen LogP contribution in [0.1, 0.15) is 27.7 Å². The molecule has 0 bridgehead atoms. The van der Waals surface area contributed by atoms with Crippen molar-refractivity contribution in [2.24, 2.45) is 5.92 Å². The minimum Gasteiger partial charge on any atom is -0.338 e. The Morgan fingerprint density at radius 2 is 1.50 bits per heavy atom. The number of anilines is 1. The molecule has 1 rings (SSSR count). The smallest absolute Gasteiger partial charge is 0.231 e. The Kier molecular flexibility index (Phi) is 4.74. The molecule has 16 heavy (non-hydrogen) atoms. The van der Waals surface area contributed by atoms with E-state index in [-0.39, 0.29) is 16.6 Å². The van der Waals surface area contributed by atoms with Crippen molar-refractivity contribution in [3.05, 3.63) is 10.6 Å². The van der Waals surface area contributed by atoms with Crippen LogP contribution in [0, 0.1) is 5.92 Å². The Labute approximate surface area is 106 Å². The molecular weight excluding hydrogens is 247 g/mol. The highest BCUT2D eigenvalue weighted by atomic mass is 35.5. The Hall–Kier alpha value is -0.610. The standard InChI is InChI=1S/C10H16Cl2N4/c1-6(2)5-16(7(3)4)10-14-8(11)13-9(12)15-10/h6-7H,5H2,1-4H3. The molecule has 0 radical (unpaired) electrons. The summed E-state index contributed by atoms with van der Waals surface area (Å²) in [5, 5.41) is 0.258. The summed E-state index contributed by atoms with van der Waals surface area (Å²) in [6, 6.07) is 0.289. The molecule has 0 aromatic carbocycles. The highest BCUT2D eigenvalue weighted by molar-refractivity contribution is 6.31. The van der Waals surface area contributed by atoms with Crippen LogP contribution in [0.25, 0.3) is 0 Å². The second-order valence-corrected chi connectivity index (χ2v) is 4.99. The van der Waals surface area contributed by atoms with Gasteiger partial charge in [-0.25, -0.2) is 0 Å². The lowest BCUT2D eigenvalue weighted by atomic mass is 10.2. The second kappa shape index (κ2) is 5.64. The maximum absolute atomic E-state index is 5.76. The van der Waals surface area contributed by atoms with E-state index in [2.05, 4.69) is 47.5 Å². The van der Waals surface area contributed by atoms with Crippen LogP contribution in [0.5, 0.6) is 0 Å². The normalized spacial score (nSPS) is 11.2. The molecule has 90 valence electrons. The first-order valence-electron chi connectivity index (χ1n) is 5.24. The monoisotopic (exact) mass is 262 g/mol. The van der Waals surface area contributed by atoms with Gasteiger partial charge in [0.05, 0.1) is 0 Å². The lowest BCUT2D eigenvalue weighted by Crippen LogP contribution is -2.35. The zero-order valence-electron chi connectivity index (χ0n) is 9.91. The molecule has 1 aromatic rings. The van der Waals surface area contributed by atoms with Crippen LogP contribution in [0.15, 0.2) is 0 Å². The SMILES string of the molecule is CC(C)CN(c1nc(Cl)nc(Cl)n1)C(C)C. The van der Waals surface area contributed by atoms with Crippen molar-refractivity contribution < 1.29 is 0 Å². The maximum Gasteiger partial charge on any atom is 0.231 e. The minimum absolute atomic E-state index is 0.129. The molecule has 1 aromatic heterocycles. The van der Waals surface area contributed by atoms with Crippen LogP contribution in [0.2, 0.25) is 10.6 Å². The van der Waals surface area contributed by atoms with Gasteiger partial charge in [0.25, 0.3) is 0 Å². The highest BCUT2D eigenvalue weighted by Gasteiger charge is 2.16. The molecule has 6 heteroatoms. The molecule has 0 fully saturated rings. The van der Waals surface area contributed by atoms with E-state index in [9.17, 15) is 0 Å². The zero-order chi connectivity index (χ0) is 12.3. The van der Waals surface area contributed by atoms with E-state index >= 15 is 0 Å². The molecule has 0 amide bonds. The molecule has 0 aliphatic heterocycles. The molecule has 0 N–H and O–H groups in total. The Bertz CT molecular complexity index is 334. The summed E-state index contributed by atoms with van der Waals surface area (Å²) in [5.41, 5.74) is 0. The number of aromatic nitrogens is 3. The van der Waals surface area contributed by atoms with Gasteiger partial charge in [0.1, 0.15) is 0 Å². The minimum atomic E-state index is 0.129. The quantitative estimate of drug-likeness (QED) is 0.837. The average molecular weight is 263 g/mol. The first-order chi connectivity index (χ1) is 7.40. The lowest BCUT2D eigenvalue weighted by molar-refractivity contribution is 0.559. The van der Waals surface area contributed by atoms with E-state index in [0.29, 0.717) is 11.9 Å². The van der Waals surface area contributed by atoms with Gasteiger partial charge >= 0.3 is 0 Å². The molecule has 0 atom stereocenters. The Morgan fingerprint density at radius 3 is 1.88 bits per heavy atom.